The van der Waals surface area contributed by atoms with Crippen molar-refractivity contribution in [3.8, 4) is 0 Å². The van der Waals surface area contributed by atoms with Gasteiger partial charge in [0.15, 0.2) is 5.78 Å². The minimum Gasteiger partial charge on any atom is -0.389 e. The van der Waals surface area contributed by atoms with Gasteiger partial charge in [0.05, 0.1) is 6.10 Å². The van der Waals surface area contributed by atoms with Crippen molar-refractivity contribution in [3.63, 3.8) is 0 Å². The van der Waals surface area contributed by atoms with Gasteiger partial charge in [-0.25, -0.2) is 0 Å². The fraction of sp³-hybridized carbons (Fsp3) is 0.643. The van der Waals surface area contributed by atoms with E-state index < -0.39 is 0 Å². The molecule has 3 atom stereocenters. The van der Waals surface area contributed by atoms with Crippen molar-refractivity contribution in [3.05, 3.63) is 23.3 Å². The summed E-state index contributed by atoms with van der Waals surface area (Å²) < 4.78 is 0. The van der Waals surface area contributed by atoms with E-state index in [0.29, 0.717) is 11.8 Å². The normalized spacial score (nSPS) is 38.3. The van der Waals surface area contributed by atoms with Crippen LogP contribution in [0.5, 0.6) is 0 Å². The third-order valence-electron chi connectivity index (χ3n) is 4.36. The topological polar surface area (TPSA) is 37.3 Å². The number of aliphatic hydroxyl groups excluding tert-OH is 1. The summed E-state index contributed by atoms with van der Waals surface area (Å²) in [6, 6.07) is 0. The van der Waals surface area contributed by atoms with E-state index in [4.69, 9.17) is 0 Å². The van der Waals surface area contributed by atoms with Crippen LogP contribution in [-0.4, -0.2) is 17.0 Å². The van der Waals surface area contributed by atoms with Crippen LogP contribution in [-0.2, 0) is 4.79 Å². The second-order valence-corrected chi connectivity index (χ2v) is 5.26. The summed E-state index contributed by atoms with van der Waals surface area (Å²) in [6.45, 7) is 0. The number of carbonyl (C=O) groups is 1. The monoisotopic (exact) mass is 218 g/mol. The molecule has 3 unspecified atom stereocenters. The predicted molar refractivity (Wildman–Crippen MR) is 61.9 cm³/mol. The molecular weight excluding hydrogens is 200 g/mol. The molecule has 0 bridgehead atoms. The Balaban J connectivity index is 2.01. The summed E-state index contributed by atoms with van der Waals surface area (Å²) in [5.74, 6) is 1.03. The Morgan fingerprint density at radius 1 is 1.12 bits per heavy atom. The molecule has 0 spiro atoms. The molecule has 2 heteroatoms. The summed E-state index contributed by atoms with van der Waals surface area (Å²) in [7, 11) is 0. The summed E-state index contributed by atoms with van der Waals surface area (Å²) in [6.07, 6.45) is 9.96. The largest absolute Gasteiger partial charge is 0.389 e. The van der Waals surface area contributed by atoms with Crippen LogP contribution < -0.4 is 0 Å². The van der Waals surface area contributed by atoms with Gasteiger partial charge in [0.1, 0.15) is 0 Å². The van der Waals surface area contributed by atoms with Crippen LogP contribution in [0.25, 0.3) is 0 Å². The molecule has 1 saturated carbocycles. The molecule has 1 fully saturated rings. The minimum absolute atomic E-state index is 0.164. The summed E-state index contributed by atoms with van der Waals surface area (Å²) in [4.78, 5) is 12.0. The first-order valence-corrected chi connectivity index (χ1v) is 6.41. The molecule has 0 aromatic rings. The van der Waals surface area contributed by atoms with Gasteiger partial charge >= 0.3 is 0 Å². The third-order valence-corrected chi connectivity index (χ3v) is 4.36. The highest BCUT2D eigenvalue weighted by Gasteiger charge is 2.39. The van der Waals surface area contributed by atoms with Crippen LogP contribution in [0, 0.1) is 11.8 Å². The smallest absolute Gasteiger partial charge is 0.181 e. The Kier molecular flexibility index (Phi) is 2.47. The number of carbonyl (C=O) groups excluding carboxylic acids is 1. The van der Waals surface area contributed by atoms with E-state index in [-0.39, 0.29) is 11.9 Å². The van der Waals surface area contributed by atoms with E-state index in [0.717, 1.165) is 43.3 Å². The average Bonchev–Trinajstić information content (AvgIpc) is 2.31. The lowest BCUT2D eigenvalue weighted by atomic mass is 9.65. The molecule has 0 saturated heterocycles. The fourth-order valence-electron chi connectivity index (χ4n) is 3.59. The second-order valence-electron chi connectivity index (χ2n) is 5.26. The Bertz CT molecular complexity index is 378. The lowest BCUT2D eigenvalue weighted by molar-refractivity contribution is -0.112. The van der Waals surface area contributed by atoms with E-state index in [1.165, 1.54) is 6.42 Å². The molecular formula is C14H18O2. The molecule has 0 aromatic carbocycles. The molecule has 0 amide bonds. The van der Waals surface area contributed by atoms with Gasteiger partial charge in [-0.15, -0.1) is 0 Å². The summed E-state index contributed by atoms with van der Waals surface area (Å²) >= 11 is 0. The lowest BCUT2D eigenvalue weighted by Gasteiger charge is -2.40. The quantitative estimate of drug-likeness (QED) is 0.678. The zero-order valence-corrected chi connectivity index (χ0v) is 9.48. The standard InChI is InChI=1S/C14H18O2/c15-13-7-3-6-10-9-4-1-2-5-11(9)14(16)8-12(10)13/h5,8-10,13,15H,1-4,6-7H2. The number of rotatable bonds is 0. The van der Waals surface area contributed by atoms with E-state index >= 15 is 0 Å². The molecule has 0 heterocycles. The minimum atomic E-state index is -0.355. The Morgan fingerprint density at radius 3 is 2.81 bits per heavy atom. The predicted octanol–water partition coefficient (Wildman–Crippen LogP) is 2.38. The molecule has 0 radical (unpaired) electrons. The van der Waals surface area contributed by atoms with Gasteiger partial charge in [0.25, 0.3) is 0 Å². The Labute approximate surface area is 96.0 Å². The van der Waals surface area contributed by atoms with E-state index in [2.05, 4.69) is 6.08 Å². The van der Waals surface area contributed by atoms with Crippen molar-refractivity contribution in [2.45, 2.75) is 44.6 Å². The molecule has 0 aliphatic heterocycles. The molecule has 3 aliphatic rings. The third kappa shape index (κ3) is 1.47. The molecule has 86 valence electrons. The first kappa shape index (κ1) is 10.3. The maximum absolute atomic E-state index is 12.0. The highest BCUT2D eigenvalue weighted by atomic mass is 16.3. The Morgan fingerprint density at radius 2 is 1.94 bits per heavy atom. The second kappa shape index (κ2) is 3.85. The van der Waals surface area contributed by atoms with E-state index in [1.54, 1.807) is 6.08 Å². The van der Waals surface area contributed by atoms with Crippen LogP contribution >= 0.6 is 0 Å². The van der Waals surface area contributed by atoms with Crippen molar-refractivity contribution in [1.29, 1.82) is 0 Å². The molecule has 1 N–H and O–H groups in total. The van der Waals surface area contributed by atoms with Gasteiger partial charge in [-0.1, -0.05) is 6.08 Å². The van der Waals surface area contributed by atoms with Crippen molar-refractivity contribution >= 4 is 5.78 Å². The number of aliphatic hydroxyl groups is 1. The molecule has 3 aliphatic carbocycles. The van der Waals surface area contributed by atoms with Crippen LogP contribution in [0.4, 0.5) is 0 Å². The lowest BCUT2D eigenvalue weighted by Crippen LogP contribution is -2.36. The van der Waals surface area contributed by atoms with Gasteiger partial charge in [0, 0.05) is 0 Å². The number of ketones is 1. The molecule has 2 nitrogen and oxygen atoms in total. The van der Waals surface area contributed by atoms with Gasteiger partial charge in [-0.05, 0) is 67.6 Å². The van der Waals surface area contributed by atoms with Gasteiger partial charge in [0.2, 0.25) is 0 Å². The van der Waals surface area contributed by atoms with Crippen molar-refractivity contribution in [1.82, 2.24) is 0 Å². The Hall–Kier alpha value is -0.890. The van der Waals surface area contributed by atoms with E-state index in [9.17, 15) is 9.90 Å². The van der Waals surface area contributed by atoms with Gasteiger partial charge in [-0.2, -0.15) is 0 Å². The molecule has 3 rings (SSSR count). The van der Waals surface area contributed by atoms with Crippen molar-refractivity contribution < 1.29 is 9.90 Å². The van der Waals surface area contributed by atoms with Gasteiger partial charge in [-0.3, -0.25) is 4.79 Å². The first-order valence-electron chi connectivity index (χ1n) is 6.41. The van der Waals surface area contributed by atoms with Crippen LogP contribution in [0.1, 0.15) is 38.5 Å². The maximum atomic E-state index is 12.0. The van der Waals surface area contributed by atoms with Gasteiger partial charge < -0.3 is 5.11 Å². The summed E-state index contributed by atoms with van der Waals surface area (Å²) in [5.41, 5.74) is 2.06. The number of fused-ring (bicyclic) bond motifs is 3. The highest BCUT2D eigenvalue weighted by Crippen LogP contribution is 2.45. The first-order chi connectivity index (χ1) is 7.77. The van der Waals surface area contributed by atoms with Crippen LogP contribution in [0.2, 0.25) is 0 Å². The zero-order chi connectivity index (χ0) is 11.1. The maximum Gasteiger partial charge on any atom is 0.181 e. The van der Waals surface area contributed by atoms with Crippen LogP contribution in [0.3, 0.4) is 0 Å². The van der Waals surface area contributed by atoms with Crippen molar-refractivity contribution in [2.75, 3.05) is 0 Å². The number of hydrogen-bond donors (Lipinski definition) is 1. The summed E-state index contributed by atoms with van der Waals surface area (Å²) in [5, 5.41) is 9.97. The van der Waals surface area contributed by atoms with Crippen LogP contribution in [0.15, 0.2) is 23.3 Å². The highest BCUT2D eigenvalue weighted by molar-refractivity contribution is 6.06. The number of hydrogen-bond acceptors (Lipinski definition) is 2. The van der Waals surface area contributed by atoms with Crippen molar-refractivity contribution in [2.24, 2.45) is 11.8 Å². The van der Waals surface area contributed by atoms with E-state index in [1.807, 2.05) is 0 Å². The fourth-order valence-corrected chi connectivity index (χ4v) is 3.59. The zero-order valence-electron chi connectivity index (χ0n) is 9.48. The molecule has 0 aromatic heterocycles. The number of allylic oxidation sites excluding steroid dienone is 3. The molecule has 16 heavy (non-hydrogen) atoms. The average molecular weight is 218 g/mol. The SMILES string of the molecule is O=C1C=C2C(O)CCCC2C2CCCC=C12.